The van der Waals surface area contributed by atoms with Crippen LogP contribution in [0.4, 0.5) is 17.2 Å². The number of benzene rings is 2. The third kappa shape index (κ3) is 4.50. The van der Waals surface area contributed by atoms with E-state index in [9.17, 15) is 4.79 Å². The smallest absolute Gasteiger partial charge is 0.274 e. The molecule has 0 aliphatic carbocycles. The normalized spacial score (nSPS) is 10.3. The van der Waals surface area contributed by atoms with E-state index < -0.39 is 0 Å². The lowest BCUT2D eigenvalue weighted by Crippen LogP contribution is -2.14. The van der Waals surface area contributed by atoms with Crippen molar-refractivity contribution >= 4 is 34.7 Å². The molecule has 1 heterocycles. The third-order valence-electron chi connectivity index (χ3n) is 3.99. The molecule has 2 N–H and O–H groups in total. The molecule has 1 amide bonds. The molecular formula is C20H19ClN4O3. The van der Waals surface area contributed by atoms with Gasteiger partial charge >= 0.3 is 0 Å². The molecule has 1 aromatic heterocycles. The minimum absolute atomic E-state index is 0.213. The van der Waals surface area contributed by atoms with Crippen molar-refractivity contribution in [2.75, 3.05) is 24.9 Å². The summed E-state index contributed by atoms with van der Waals surface area (Å²) in [7, 11) is 3.08. The second-order valence-corrected chi connectivity index (χ2v) is 6.31. The average molecular weight is 399 g/mol. The first kappa shape index (κ1) is 19.4. The fourth-order valence-electron chi connectivity index (χ4n) is 2.48. The summed E-state index contributed by atoms with van der Waals surface area (Å²) in [4.78, 5) is 20.7. The lowest BCUT2D eigenvalue weighted by Gasteiger charge is -2.11. The number of rotatable bonds is 6. The van der Waals surface area contributed by atoms with Crippen LogP contribution in [0.15, 0.2) is 48.8 Å². The Bertz CT molecular complexity index is 1010. The second-order valence-electron chi connectivity index (χ2n) is 5.90. The van der Waals surface area contributed by atoms with Crippen LogP contribution in [0.1, 0.15) is 16.1 Å². The number of ether oxygens (including phenoxy) is 2. The largest absolute Gasteiger partial charge is 0.493 e. The van der Waals surface area contributed by atoms with Crippen LogP contribution in [-0.2, 0) is 0 Å². The van der Waals surface area contributed by atoms with E-state index >= 15 is 0 Å². The van der Waals surface area contributed by atoms with E-state index in [0.29, 0.717) is 28.0 Å². The second kappa shape index (κ2) is 8.58. The van der Waals surface area contributed by atoms with Gasteiger partial charge in [-0.1, -0.05) is 17.7 Å². The molecule has 3 rings (SSSR count). The van der Waals surface area contributed by atoms with Crippen molar-refractivity contribution in [2.45, 2.75) is 6.92 Å². The van der Waals surface area contributed by atoms with Crippen molar-refractivity contribution < 1.29 is 14.3 Å². The Morgan fingerprint density at radius 2 is 1.71 bits per heavy atom. The molecule has 0 radical (unpaired) electrons. The highest BCUT2D eigenvalue weighted by molar-refractivity contribution is 6.31. The van der Waals surface area contributed by atoms with Gasteiger partial charge in [0, 0.05) is 28.5 Å². The minimum Gasteiger partial charge on any atom is -0.493 e. The Balaban J connectivity index is 1.76. The number of hydrogen-bond acceptors (Lipinski definition) is 6. The van der Waals surface area contributed by atoms with Gasteiger partial charge in [0.05, 0.1) is 14.2 Å². The number of amides is 1. The molecule has 28 heavy (non-hydrogen) atoms. The van der Waals surface area contributed by atoms with Gasteiger partial charge in [-0.05, 0) is 36.8 Å². The monoisotopic (exact) mass is 398 g/mol. The first-order chi connectivity index (χ1) is 13.5. The first-order valence-electron chi connectivity index (χ1n) is 8.38. The molecule has 0 saturated heterocycles. The van der Waals surface area contributed by atoms with Crippen LogP contribution in [-0.4, -0.2) is 30.1 Å². The van der Waals surface area contributed by atoms with Crippen molar-refractivity contribution in [3.63, 3.8) is 0 Å². The van der Waals surface area contributed by atoms with E-state index in [1.807, 2.05) is 19.1 Å². The number of hydrogen-bond donors (Lipinski definition) is 2. The number of carbonyl (C=O) groups is 1. The highest BCUT2D eigenvalue weighted by Gasteiger charge is 2.12. The SMILES string of the molecule is COc1ccc(NC(=O)c2cc(Nc3ccc(C)c(Cl)c3)ncn2)cc1OC. The predicted octanol–water partition coefficient (Wildman–Crippen LogP) is 4.45. The Kier molecular flexibility index (Phi) is 5.96. The number of carbonyl (C=O) groups excluding carboxylic acids is 1. The standard InChI is InChI=1S/C20H19ClN4O3/c1-12-4-5-13(8-15(12)21)24-19-10-16(22-11-23-19)20(26)25-14-6-7-17(27-2)18(9-14)28-3/h4-11H,1-3H3,(H,25,26)(H,22,23,24). The van der Waals surface area contributed by atoms with Crippen LogP contribution in [0.2, 0.25) is 5.02 Å². The third-order valence-corrected chi connectivity index (χ3v) is 4.39. The Hall–Kier alpha value is -3.32. The van der Waals surface area contributed by atoms with Gasteiger partial charge in [-0.25, -0.2) is 9.97 Å². The molecule has 0 aliphatic heterocycles. The fraction of sp³-hybridized carbons (Fsp3) is 0.150. The van der Waals surface area contributed by atoms with Gasteiger partial charge < -0.3 is 20.1 Å². The number of nitrogens with one attached hydrogen (secondary N) is 2. The predicted molar refractivity (Wildman–Crippen MR) is 109 cm³/mol. The molecule has 0 spiro atoms. The van der Waals surface area contributed by atoms with Crippen molar-refractivity contribution in [3.8, 4) is 11.5 Å². The molecule has 144 valence electrons. The maximum atomic E-state index is 12.5. The van der Waals surface area contributed by atoms with E-state index in [1.54, 1.807) is 37.4 Å². The van der Waals surface area contributed by atoms with Crippen LogP contribution in [0.5, 0.6) is 11.5 Å². The van der Waals surface area contributed by atoms with Crippen molar-refractivity contribution in [3.05, 3.63) is 65.1 Å². The summed E-state index contributed by atoms with van der Waals surface area (Å²) in [5, 5.41) is 6.53. The van der Waals surface area contributed by atoms with E-state index in [-0.39, 0.29) is 11.6 Å². The van der Waals surface area contributed by atoms with E-state index in [1.165, 1.54) is 13.4 Å². The molecule has 7 nitrogen and oxygen atoms in total. The van der Waals surface area contributed by atoms with E-state index in [0.717, 1.165) is 11.3 Å². The molecule has 3 aromatic rings. The van der Waals surface area contributed by atoms with Crippen LogP contribution in [0.3, 0.4) is 0 Å². The maximum Gasteiger partial charge on any atom is 0.274 e. The highest BCUT2D eigenvalue weighted by Crippen LogP contribution is 2.30. The molecule has 0 aliphatic rings. The summed E-state index contributed by atoms with van der Waals surface area (Å²) in [5.74, 6) is 1.19. The van der Waals surface area contributed by atoms with Crippen LogP contribution < -0.4 is 20.1 Å². The van der Waals surface area contributed by atoms with Gasteiger partial charge in [-0.15, -0.1) is 0 Å². The molecular weight excluding hydrogens is 380 g/mol. The highest BCUT2D eigenvalue weighted by atomic mass is 35.5. The topological polar surface area (TPSA) is 85.4 Å². The van der Waals surface area contributed by atoms with Gasteiger partial charge in [0.2, 0.25) is 0 Å². The lowest BCUT2D eigenvalue weighted by atomic mass is 10.2. The van der Waals surface area contributed by atoms with Crippen LogP contribution >= 0.6 is 11.6 Å². The molecule has 0 bridgehead atoms. The van der Waals surface area contributed by atoms with Gasteiger partial charge in [0.25, 0.3) is 5.91 Å². The summed E-state index contributed by atoms with van der Waals surface area (Å²) in [6, 6.07) is 12.2. The summed E-state index contributed by atoms with van der Waals surface area (Å²) < 4.78 is 10.4. The fourth-order valence-corrected chi connectivity index (χ4v) is 2.66. The first-order valence-corrected chi connectivity index (χ1v) is 8.76. The van der Waals surface area contributed by atoms with Crippen molar-refractivity contribution in [1.29, 1.82) is 0 Å². The minimum atomic E-state index is -0.375. The van der Waals surface area contributed by atoms with Gasteiger partial charge in [0.15, 0.2) is 11.5 Å². The molecule has 0 fully saturated rings. The van der Waals surface area contributed by atoms with Crippen LogP contribution in [0.25, 0.3) is 0 Å². The molecule has 2 aromatic carbocycles. The molecule has 0 atom stereocenters. The Morgan fingerprint density at radius 3 is 2.43 bits per heavy atom. The zero-order valence-electron chi connectivity index (χ0n) is 15.6. The number of methoxy groups -OCH3 is 2. The molecule has 0 saturated carbocycles. The maximum absolute atomic E-state index is 12.5. The number of nitrogens with zero attached hydrogens (tertiary/aromatic N) is 2. The number of halogens is 1. The van der Waals surface area contributed by atoms with E-state index in [4.69, 9.17) is 21.1 Å². The summed E-state index contributed by atoms with van der Waals surface area (Å²) in [6.07, 6.45) is 1.32. The van der Waals surface area contributed by atoms with Crippen molar-refractivity contribution in [1.82, 2.24) is 9.97 Å². The van der Waals surface area contributed by atoms with Gasteiger partial charge in [-0.3, -0.25) is 4.79 Å². The molecule has 0 unspecified atom stereocenters. The number of aromatic nitrogens is 2. The summed E-state index contributed by atoms with van der Waals surface area (Å²) in [5.41, 5.74) is 2.51. The number of aryl methyl sites for hydroxylation is 1. The zero-order chi connectivity index (χ0) is 20.1. The number of anilines is 3. The lowest BCUT2D eigenvalue weighted by molar-refractivity contribution is 0.102. The van der Waals surface area contributed by atoms with Crippen LogP contribution in [0, 0.1) is 6.92 Å². The Morgan fingerprint density at radius 1 is 0.964 bits per heavy atom. The quantitative estimate of drug-likeness (QED) is 0.638. The van der Waals surface area contributed by atoms with E-state index in [2.05, 4.69) is 20.6 Å². The van der Waals surface area contributed by atoms with Gasteiger partial charge in [-0.2, -0.15) is 0 Å². The Labute approximate surface area is 167 Å². The van der Waals surface area contributed by atoms with Crippen molar-refractivity contribution in [2.24, 2.45) is 0 Å². The zero-order valence-corrected chi connectivity index (χ0v) is 16.4. The summed E-state index contributed by atoms with van der Waals surface area (Å²) >= 11 is 6.14. The molecule has 8 heteroatoms. The van der Waals surface area contributed by atoms with Gasteiger partial charge in [0.1, 0.15) is 17.8 Å². The average Bonchev–Trinajstić information content (AvgIpc) is 2.71. The summed E-state index contributed by atoms with van der Waals surface area (Å²) in [6.45, 7) is 1.92.